The normalized spacial score (nSPS) is 19.9. The van der Waals surface area contributed by atoms with Gasteiger partial charge in [0.05, 0.1) is 12.0 Å². The zero-order valence-corrected chi connectivity index (χ0v) is 11.9. The summed E-state index contributed by atoms with van der Waals surface area (Å²) < 4.78 is 13.2. The minimum Gasteiger partial charge on any atom is -0.481 e. The molecule has 2 unspecified atom stereocenters. The Labute approximate surface area is 122 Å². The maximum Gasteiger partial charge on any atom is 0.317 e. The van der Waals surface area contributed by atoms with Gasteiger partial charge in [-0.2, -0.15) is 0 Å². The zero-order valence-electron chi connectivity index (χ0n) is 11.9. The van der Waals surface area contributed by atoms with Crippen LogP contribution in [-0.4, -0.2) is 35.1 Å². The summed E-state index contributed by atoms with van der Waals surface area (Å²) in [6.07, 6.45) is 1.28. The Kier molecular flexibility index (Phi) is 4.77. The average Bonchev–Trinajstić information content (AvgIpc) is 2.47. The van der Waals surface area contributed by atoms with Crippen LogP contribution in [0, 0.1) is 11.7 Å². The van der Waals surface area contributed by atoms with Crippen molar-refractivity contribution in [3.8, 4) is 0 Å². The van der Waals surface area contributed by atoms with Crippen molar-refractivity contribution < 1.29 is 19.1 Å². The largest absolute Gasteiger partial charge is 0.481 e. The summed E-state index contributed by atoms with van der Waals surface area (Å²) in [5, 5.41) is 11.8. The standard InChI is InChI=1S/C15H19FN2O3/c1-10(11-4-2-6-13(16)8-11)17-15(21)18-7-3-5-12(9-18)14(19)20/h2,4,6,8,10,12H,3,5,7,9H2,1H3,(H,17,21)(H,19,20). The first-order chi connectivity index (χ1) is 9.97. The Balaban J connectivity index is 1.96. The number of amides is 2. The van der Waals surface area contributed by atoms with Crippen molar-refractivity contribution in [3.63, 3.8) is 0 Å². The highest BCUT2D eigenvalue weighted by Gasteiger charge is 2.28. The molecule has 21 heavy (non-hydrogen) atoms. The molecule has 0 spiro atoms. The number of carbonyl (C=O) groups is 2. The number of carboxylic acid groups (broad SMARTS) is 1. The highest BCUT2D eigenvalue weighted by atomic mass is 19.1. The molecular formula is C15H19FN2O3. The van der Waals surface area contributed by atoms with Gasteiger partial charge in [0.25, 0.3) is 0 Å². The summed E-state index contributed by atoms with van der Waals surface area (Å²) in [7, 11) is 0. The van der Waals surface area contributed by atoms with E-state index in [1.54, 1.807) is 19.1 Å². The molecular weight excluding hydrogens is 275 g/mol. The first-order valence-corrected chi connectivity index (χ1v) is 7.01. The maximum absolute atomic E-state index is 13.2. The molecule has 0 saturated carbocycles. The molecule has 5 nitrogen and oxygen atoms in total. The van der Waals surface area contributed by atoms with Gasteiger partial charge >= 0.3 is 12.0 Å². The average molecular weight is 294 g/mol. The lowest BCUT2D eigenvalue weighted by Crippen LogP contribution is -2.47. The molecule has 1 heterocycles. The molecule has 1 aliphatic rings. The van der Waals surface area contributed by atoms with Crippen molar-refractivity contribution in [1.29, 1.82) is 0 Å². The molecule has 0 radical (unpaired) electrons. The number of aliphatic carboxylic acids is 1. The van der Waals surface area contributed by atoms with Gasteiger partial charge in [0.1, 0.15) is 5.82 Å². The van der Waals surface area contributed by atoms with Crippen molar-refractivity contribution in [2.24, 2.45) is 5.92 Å². The summed E-state index contributed by atoms with van der Waals surface area (Å²) in [5.74, 6) is -1.72. The van der Waals surface area contributed by atoms with E-state index in [-0.39, 0.29) is 24.4 Å². The molecule has 2 N–H and O–H groups in total. The van der Waals surface area contributed by atoms with Crippen LogP contribution in [0.15, 0.2) is 24.3 Å². The van der Waals surface area contributed by atoms with Crippen LogP contribution in [0.4, 0.5) is 9.18 Å². The number of likely N-dealkylation sites (tertiary alicyclic amines) is 1. The molecule has 114 valence electrons. The number of urea groups is 1. The van der Waals surface area contributed by atoms with Crippen LogP contribution < -0.4 is 5.32 Å². The number of carbonyl (C=O) groups excluding carboxylic acids is 1. The fourth-order valence-electron chi connectivity index (χ4n) is 2.50. The summed E-state index contributed by atoms with van der Waals surface area (Å²) in [6, 6.07) is 5.41. The highest BCUT2D eigenvalue weighted by Crippen LogP contribution is 2.18. The van der Waals surface area contributed by atoms with Gasteiger partial charge in [0, 0.05) is 13.1 Å². The van der Waals surface area contributed by atoms with E-state index in [2.05, 4.69) is 5.32 Å². The SMILES string of the molecule is CC(NC(=O)N1CCCC(C(=O)O)C1)c1cccc(F)c1. The smallest absolute Gasteiger partial charge is 0.317 e. The summed E-state index contributed by atoms with van der Waals surface area (Å²) in [6.45, 7) is 2.54. The molecule has 2 amide bonds. The van der Waals surface area contributed by atoms with Gasteiger partial charge in [-0.25, -0.2) is 9.18 Å². The van der Waals surface area contributed by atoms with Crippen molar-refractivity contribution in [2.45, 2.75) is 25.8 Å². The Morgan fingerprint density at radius 1 is 1.48 bits per heavy atom. The molecule has 2 atom stereocenters. The number of hydrogen-bond acceptors (Lipinski definition) is 2. The number of nitrogens with one attached hydrogen (secondary N) is 1. The quantitative estimate of drug-likeness (QED) is 0.899. The second-order valence-corrected chi connectivity index (χ2v) is 5.35. The lowest BCUT2D eigenvalue weighted by molar-refractivity contribution is -0.143. The molecule has 1 aliphatic heterocycles. The zero-order chi connectivity index (χ0) is 15.4. The van der Waals surface area contributed by atoms with Gasteiger partial charge in [-0.15, -0.1) is 0 Å². The van der Waals surface area contributed by atoms with E-state index >= 15 is 0 Å². The Morgan fingerprint density at radius 2 is 2.24 bits per heavy atom. The molecule has 0 bridgehead atoms. The first kappa shape index (κ1) is 15.3. The van der Waals surface area contributed by atoms with Crippen LogP contribution in [0.1, 0.15) is 31.4 Å². The van der Waals surface area contributed by atoms with E-state index in [4.69, 9.17) is 5.11 Å². The lowest BCUT2D eigenvalue weighted by Gasteiger charge is -2.31. The van der Waals surface area contributed by atoms with Crippen LogP contribution >= 0.6 is 0 Å². The number of benzene rings is 1. The molecule has 1 saturated heterocycles. The summed E-state index contributed by atoms with van der Waals surface area (Å²) in [5.41, 5.74) is 0.676. The molecule has 2 rings (SSSR count). The minimum atomic E-state index is -0.870. The second kappa shape index (κ2) is 6.56. The summed E-state index contributed by atoms with van der Waals surface area (Å²) in [4.78, 5) is 24.7. The molecule has 6 heteroatoms. The van der Waals surface area contributed by atoms with Gasteiger partial charge < -0.3 is 15.3 Å². The number of rotatable bonds is 3. The van der Waals surface area contributed by atoms with E-state index in [1.165, 1.54) is 17.0 Å². The van der Waals surface area contributed by atoms with Crippen LogP contribution in [0.25, 0.3) is 0 Å². The molecule has 1 aromatic carbocycles. The predicted octanol–water partition coefficient (Wildman–Crippen LogP) is 2.39. The Morgan fingerprint density at radius 3 is 2.90 bits per heavy atom. The molecule has 0 aliphatic carbocycles. The fourth-order valence-corrected chi connectivity index (χ4v) is 2.50. The van der Waals surface area contributed by atoms with Gasteiger partial charge in [-0.3, -0.25) is 4.79 Å². The van der Waals surface area contributed by atoms with E-state index in [1.807, 2.05) is 0 Å². The molecule has 1 fully saturated rings. The predicted molar refractivity (Wildman–Crippen MR) is 75.3 cm³/mol. The Hall–Kier alpha value is -2.11. The van der Waals surface area contributed by atoms with Gasteiger partial charge in [-0.05, 0) is 37.5 Å². The van der Waals surface area contributed by atoms with E-state index in [0.717, 1.165) is 0 Å². The number of halogens is 1. The Bertz CT molecular complexity index is 535. The fraction of sp³-hybridized carbons (Fsp3) is 0.467. The topological polar surface area (TPSA) is 69.6 Å². The van der Waals surface area contributed by atoms with Crippen molar-refractivity contribution in [1.82, 2.24) is 10.2 Å². The third kappa shape index (κ3) is 3.93. The van der Waals surface area contributed by atoms with Gasteiger partial charge in [0.2, 0.25) is 0 Å². The van der Waals surface area contributed by atoms with E-state index in [0.29, 0.717) is 24.9 Å². The van der Waals surface area contributed by atoms with E-state index in [9.17, 15) is 14.0 Å². The van der Waals surface area contributed by atoms with Gasteiger partial charge in [-0.1, -0.05) is 12.1 Å². The minimum absolute atomic E-state index is 0.219. The number of carboxylic acids is 1. The lowest BCUT2D eigenvalue weighted by atomic mass is 9.98. The van der Waals surface area contributed by atoms with Crippen LogP contribution in [0.5, 0.6) is 0 Å². The van der Waals surface area contributed by atoms with Crippen molar-refractivity contribution in [3.05, 3.63) is 35.6 Å². The number of nitrogens with zero attached hydrogens (tertiary/aromatic N) is 1. The first-order valence-electron chi connectivity index (χ1n) is 7.01. The third-order valence-corrected chi connectivity index (χ3v) is 3.75. The van der Waals surface area contributed by atoms with Gasteiger partial charge in [0.15, 0.2) is 0 Å². The molecule has 0 aromatic heterocycles. The summed E-state index contributed by atoms with van der Waals surface area (Å²) >= 11 is 0. The highest BCUT2D eigenvalue weighted by molar-refractivity contribution is 5.76. The van der Waals surface area contributed by atoms with Crippen LogP contribution in [0.3, 0.4) is 0 Å². The van der Waals surface area contributed by atoms with E-state index < -0.39 is 11.9 Å². The van der Waals surface area contributed by atoms with Crippen molar-refractivity contribution >= 4 is 12.0 Å². The number of piperidine rings is 1. The van der Waals surface area contributed by atoms with Crippen LogP contribution in [0.2, 0.25) is 0 Å². The van der Waals surface area contributed by atoms with Crippen molar-refractivity contribution in [2.75, 3.05) is 13.1 Å². The molecule has 1 aromatic rings. The monoisotopic (exact) mass is 294 g/mol. The third-order valence-electron chi connectivity index (χ3n) is 3.75. The van der Waals surface area contributed by atoms with Crippen LogP contribution in [-0.2, 0) is 4.79 Å². The number of hydrogen-bond donors (Lipinski definition) is 2. The maximum atomic E-state index is 13.2. The second-order valence-electron chi connectivity index (χ2n) is 5.35.